The minimum Gasteiger partial charge on any atom is -0.387 e. The molecule has 0 bridgehead atoms. The highest BCUT2D eigenvalue weighted by Gasteiger charge is 2.07. The third kappa shape index (κ3) is 4.82. The summed E-state index contributed by atoms with van der Waals surface area (Å²) in [6.07, 6.45) is 5.84. The van der Waals surface area contributed by atoms with Crippen LogP contribution in [0, 0.1) is 11.3 Å². The molecular formula is C9H20N2. The van der Waals surface area contributed by atoms with Crippen LogP contribution in [0.2, 0.25) is 0 Å². The number of amidine groups is 1. The van der Waals surface area contributed by atoms with Crippen molar-refractivity contribution >= 4 is 5.84 Å². The minimum atomic E-state index is 0.335. The number of nitrogens with one attached hydrogen (secondary N) is 1. The van der Waals surface area contributed by atoms with E-state index in [0.29, 0.717) is 11.8 Å². The average molecular weight is 156 g/mol. The Morgan fingerprint density at radius 2 is 2.00 bits per heavy atom. The van der Waals surface area contributed by atoms with Crippen LogP contribution in [0.1, 0.15) is 46.0 Å². The molecule has 0 radical (unpaired) electrons. The Labute approximate surface area is 69.7 Å². The number of hydrogen-bond acceptors (Lipinski definition) is 1. The third-order valence-electron chi connectivity index (χ3n) is 2.09. The summed E-state index contributed by atoms with van der Waals surface area (Å²) in [5, 5.41) is 7.26. The SMILES string of the molecule is CCCCCC(CC)C(=N)N. The van der Waals surface area contributed by atoms with Crippen LogP contribution in [0.3, 0.4) is 0 Å². The molecule has 0 aliphatic heterocycles. The molecule has 0 heterocycles. The molecule has 0 spiro atoms. The van der Waals surface area contributed by atoms with Crippen molar-refractivity contribution in [3.05, 3.63) is 0 Å². The molecular weight excluding hydrogens is 136 g/mol. The molecule has 0 aromatic carbocycles. The lowest BCUT2D eigenvalue weighted by atomic mass is 9.98. The topological polar surface area (TPSA) is 49.9 Å². The van der Waals surface area contributed by atoms with Gasteiger partial charge in [0.2, 0.25) is 0 Å². The van der Waals surface area contributed by atoms with Gasteiger partial charge in [0.05, 0.1) is 5.84 Å². The Kier molecular flexibility index (Phi) is 5.90. The van der Waals surface area contributed by atoms with Crippen LogP contribution in [-0.2, 0) is 0 Å². The van der Waals surface area contributed by atoms with Crippen LogP contribution < -0.4 is 5.73 Å². The highest BCUT2D eigenvalue weighted by molar-refractivity contribution is 5.79. The van der Waals surface area contributed by atoms with Gasteiger partial charge in [-0.15, -0.1) is 0 Å². The smallest absolute Gasteiger partial charge is 0.0936 e. The molecule has 3 N–H and O–H groups in total. The van der Waals surface area contributed by atoms with Crippen molar-refractivity contribution in [2.45, 2.75) is 46.0 Å². The van der Waals surface area contributed by atoms with Crippen molar-refractivity contribution in [2.24, 2.45) is 11.7 Å². The van der Waals surface area contributed by atoms with E-state index in [1.807, 2.05) is 0 Å². The molecule has 0 saturated carbocycles. The van der Waals surface area contributed by atoms with Gasteiger partial charge in [-0.05, 0) is 12.8 Å². The molecule has 0 rings (SSSR count). The van der Waals surface area contributed by atoms with Crippen LogP contribution in [0.25, 0.3) is 0 Å². The van der Waals surface area contributed by atoms with E-state index in [-0.39, 0.29) is 0 Å². The predicted octanol–water partition coefficient (Wildman–Crippen LogP) is 2.53. The van der Waals surface area contributed by atoms with Gasteiger partial charge < -0.3 is 5.73 Å². The second-order valence-corrected chi connectivity index (χ2v) is 3.06. The van der Waals surface area contributed by atoms with Gasteiger partial charge in [0.25, 0.3) is 0 Å². The molecule has 2 nitrogen and oxygen atoms in total. The van der Waals surface area contributed by atoms with Crippen molar-refractivity contribution < 1.29 is 0 Å². The van der Waals surface area contributed by atoms with Gasteiger partial charge in [-0.2, -0.15) is 0 Å². The van der Waals surface area contributed by atoms with Gasteiger partial charge in [-0.3, -0.25) is 5.41 Å². The Balaban J connectivity index is 3.44. The average Bonchev–Trinajstić information content (AvgIpc) is 1.97. The molecule has 11 heavy (non-hydrogen) atoms. The van der Waals surface area contributed by atoms with Gasteiger partial charge in [0.1, 0.15) is 0 Å². The molecule has 2 heteroatoms. The van der Waals surface area contributed by atoms with Gasteiger partial charge in [-0.25, -0.2) is 0 Å². The van der Waals surface area contributed by atoms with Crippen LogP contribution in [0.4, 0.5) is 0 Å². The van der Waals surface area contributed by atoms with E-state index in [0.717, 1.165) is 12.8 Å². The highest BCUT2D eigenvalue weighted by atomic mass is 14.7. The summed E-state index contributed by atoms with van der Waals surface area (Å²) in [4.78, 5) is 0. The molecule has 0 saturated heterocycles. The lowest BCUT2D eigenvalue weighted by Crippen LogP contribution is -2.21. The van der Waals surface area contributed by atoms with E-state index < -0.39 is 0 Å². The van der Waals surface area contributed by atoms with Gasteiger partial charge in [-0.1, -0.05) is 33.1 Å². The monoisotopic (exact) mass is 156 g/mol. The Hall–Kier alpha value is -0.530. The molecule has 66 valence electrons. The quantitative estimate of drug-likeness (QED) is 0.346. The lowest BCUT2D eigenvalue weighted by molar-refractivity contribution is 0.546. The van der Waals surface area contributed by atoms with Crippen LogP contribution in [0.5, 0.6) is 0 Å². The second kappa shape index (κ2) is 6.20. The molecule has 0 amide bonds. The molecule has 1 atom stereocenters. The van der Waals surface area contributed by atoms with Crippen molar-refractivity contribution in [3.8, 4) is 0 Å². The molecule has 0 aromatic rings. The first-order valence-electron chi connectivity index (χ1n) is 4.56. The summed E-state index contributed by atoms with van der Waals surface area (Å²) in [6, 6.07) is 0. The number of nitrogens with two attached hydrogens (primary N) is 1. The van der Waals surface area contributed by atoms with Crippen molar-refractivity contribution in [3.63, 3.8) is 0 Å². The van der Waals surface area contributed by atoms with Crippen LogP contribution >= 0.6 is 0 Å². The van der Waals surface area contributed by atoms with Gasteiger partial charge in [0.15, 0.2) is 0 Å². The highest BCUT2D eigenvalue weighted by Crippen LogP contribution is 2.12. The Morgan fingerprint density at radius 1 is 1.36 bits per heavy atom. The van der Waals surface area contributed by atoms with E-state index in [4.69, 9.17) is 11.1 Å². The van der Waals surface area contributed by atoms with E-state index in [1.54, 1.807) is 0 Å². The number of rotatable bonds is 6. The maximum atomic E-state index is 7.26. The zero-order valence-corrected chi connectivity index (χ0v) is 7.69. The fraction of sp³-hybridized carbons (Fsp3) is 0.889. The Bertz CT molecular complexity index is 110. The molecule has 0 aliphatic rings. The molecule has 0 aliphatic carbocycles. The Morgan fingerprint density at radius 3 is 2.36 bits per heavy atom. The maximum Gasteiger partial charge on any atom is 0.0936 e. The van der Waals surface area contributed by atoms with Gasteiger partial charge in [0, 0.05) is 5.92 Å². The predicted molar refractivity (Wildman–Crippen MR) is 49.8 cm³/mol. The summed E-state index contributed by atoms with van der Waals surface area (Å²) >= 11 is 0. The normalized spacial score (nSPS) is 12.9. The zero-order chi connectivity index (χ0) is 8.69. The van der Waals surface area contributed by atoms with E-state index >= 15 is 0 Å². The molecule has 0 aromatic heterocycles. The first-order chi connectivity index (χ1) is 5.22. The van der Waals surface area contributed by atoms with E-state index in [1.165, 1.54) is 19.3 Å². The first kappa shape index (κ1) is 10.5. The minimum absolute atomic E-state index is 0.335. The van der Waals surface area contributed by atoms with Crippen molar-refractivity contribution in [2.75, 3.05) is 0 Å². The van der Waals surface area contributed by atoms with E-state index in [9.17, 15) is 0 Å². The van der Waals surface area contributed by atoms with Crippen molar-refractivity contribution in [1.29, 1.82) is 5.41 Å². The van der Waals surface area contributed by atoms with Crippen LogP contribution in [-0.4, -0.2) is 5.84 Å². The fourth-order valence-electron chi connectivity index (χ4n) is 1.22. The summed E-state index contributed by atoms with van der Waals surface area (Å²) in [6.45, 7) is 4.28. The van der Waals surface area contributed by atoms with Crippen molar-refractivity contribution in [1.82, 2.24) is 0 Å². The zero-order valence-electron chi connectivity index (χ0n) is 7.69. The number of unbranched alkanes of at least 4 members (excludes halogenated alkanes) is 2. The molecule has 1 unspecified atom stereocenters. The lowest BCUT2D eigenvalue weighted by Gasteiger charge is -2.11. The van der Waals surface area contributed by atoms with E-state index in [2.05, 4.69) is 13.8 Å². The summed E-state index contributed by atoms with van der Waals surface area (Å²) < 4.78 is 0. The molecule has 0 fully saturated rings. The standard InChI is InChI=1S/C9H20N2/c1-3-5-6-7-8(4-2)9(10)11/h8H,3-7H2,1-2H3,(H3,10,11). The first-order valence-corrected chi connectivity index (χ1v) is 4.56. The fourth-order valence-corrected chi connectivity index (χ4v) is 1.22. The van der Waals surface area contributed by atoms with Crippen LogP contribution in [0.15, 0.2) is 0 Å². The summed E-state index contributed by atoms with van der Waals surface area (Å²) in [5.41, 5.74) is 5.41. The van der Waals surface area contributed by atoms with Gasteiger partial charge >= 0.3 is 0 Å². The summed E-state index contributed by atoms with van der Waals surface area (Å²) in [7, 11) is 0. The number of hydrogen-bond donors (Lipinski definition) is 2. The maximum absolute atomic E-state index is 7.26. The summed E-state index contributed by atoms with van der Waals surface area (Å²) in [5.74, 6) is 0.699. The largest absolute Gasteiger partial charge is 0.387 e. The third-order valence-corrected chi connectivity index (χ3v) is 2.09. The second-order valence-electron chi connectivity index (χ2n) is 3.06.